The number of carbonyl (C=O) groups is 7. The van der Waals surface area contributed by atoms with Crippen molar-refractivity contribution >= 4 is 58.0 Å². The number of amides is 3. The Labute approximate surface area is 403 Å². The summed E-state index contributed by atoms with van der Waals surface area (Å²) in [6, 6.07) is 29.0. The summed E-state index contributed by atoms with van der Waals surface area (Å²) in [5, 5.41) is 3.51. The van der Waals surface area contributed by atoms with Crippen molar-refractivity contribution in [3.63, 3.8) is 0 Å². The summed E-state index contributed by atoms with van der Waals surface area (Å²) in [5.41, 5.74) is 3.03. The van der Waals surface area contributed by atoms with Gasteiger partial charge in [0.05, 0.1) is 49.1 Å². The molecule has 7 rings (SSSR count). The van der Waals surface area contributed by atoms with E-state index in [1.807, 2.05) is 42.5 Å². The second-order valence-electron chi connectivity index (χ2n) is 19.8. The summed E-state index contributed by atoms with van der Waals surface area (Å²) >= 11 is 0. The number of rotatable bonds is 15. The Balaban J connectivity index is 1.06. The molecule has 362 valence electrons. The van der Waals surface area contributed by atoms with E-state index in [1.165, 1.54) is 7.11 Å². The van der Waals surface area contributed by atoms with E-state index in [0.717, 1.165) is 0 Å². The molecule has 0 unspecified atom stereocenters. The van der Waals surface area contributed by atoms with Gasteiger partial charge in [0, 0.05) is 36.1 Å². The largest absolute Gasteiger partial charge is 0.465 e. The van der Waals surface area contributed by atoms with E-state index >= 15 is 0 Å². The maximum atomic E-state index is 14.2. The molecule has 1 aromatic heterocycles. The van der Waals surface area contributed by atoms with E-state index in [2.05, 4.69) is 10.3 Å². The molecule has 4 aromatic carbocycles. The highest BCUT2D eigenvalue weighted by Gasteiger charge is 2.40. The van der Waals surface area contributed by atoms with Crippen LogP contribution in [0.5, 0.6) is 0 Å². The molecule has 2 fully saturated rings. The number of esters is 3. The number of ketones is 1. The maximum Gasteiger partial charge on any atom is 0.340 e. The summed E-state index contributed by atoms with van der Waals surface area (Å²) in [4.78, 5) is 102. The van der Waals surface area contributed by atoms with E-state index < -0.39 is 53.0 Å². The Morgan fingerprint density at radius 2 is 1.17 bits per heavy atom. The minimum absolute atomic E-state index is 0.00263. The minimum atomic E-state index is -0.823. The molecule has 0 radical (unpaired) electrons. The summed E-state index contributed by atoms with van der Waals surface area (Å²) in [5.74, 6) is -4.36. The Hall–Kier alpha value is -7.09. The maximum absolute atomic E-state index is 14.2. The average Bonchev–Trinajstić information content (AvgIpc) is 4.09. The summed E-state index contributed by atoms with van der Waals surface area (Å²) in [6.45, 7) is 11.4. The molecule has 3 heterocycles. The van der Waals surface area contributed by atoms with Crippen LogP contribution >= 0.6 is 0 Å². The predicted octanol–water partition coefficient (Wildman–Crippen LogP) is 8.68. The van der Waals surface area contributed by atoms with Crippen LogP contribution in [-0.4, -0.2) is 99.7 Å². The topological polar surface area (TPSA) is 181 Å². The number of methoxy groups -OCH3 is 1. The number of ether oxygens (including phenoxy) is 3. The molecule has 2 aliphatic heterocycles. The van der Waals surface area contributed by atoms with Gasteiger partial charge in [-0.25, -0.2) is 4.79 Å². The molecule has 0 spiro atoms. The molecular formula is C55H62N4O10. The van der Waals surface area contributed by atoms with E-state index in [1.54, 1.807) is 112 Å². The Morgan fingerprint density at radius 3 is 1.68 bits per heavy atom. The lowest BCUT2D eigenvalue weighted by Crippen LogP contribution is -2.45. The summed E-state index contributed by atoms with van der Waals surface area (Å²) < 4.78 is 16.4. The van der Waals surface area contributed by atoms with Gasteiger partial charge in [0.25, 0.3) is 0 Å². The van der Waals surface area contributed by atoms with E-state index in [0.29, 0.717) is 83.3 Å². The van der Waals surface area contributed by atoms with Crippen LogP contribution in [0.4, 0.5) is 5.69 Å². The highest BCUT2D eigenvalue weighted by molar-refractivity contribution is 6.10. The van der Waals surface area contributed by atoms with Crippen molar-refractivity contribution in [1.82, 2.24) is 14.8 Å². The molecule has 14 heteroatoms. The van der Waals surface area contributed by atoms with Gasteiger partial charge in [-0.05, 0) is 114 Å². The van der Waals surface area contributed by atoms with Gasteiger partial charge in [-0.2, -0.15) is 0 Å². The number of nitrogens with one attached hydrogen (secondary N) is 2. The monoisotopic (exact) mass is 938 g/mol. The molecule has 5 aromatic rings. The Morgan fingerprint density at radius 1 is 0.667 bits per heavy atom. The number of Topliss-reactive ketones (excluding diaryl/α,β-unsaturated/α-hetero) is 1. The van der Waals surface area contributed by atoms with E-state index in [4.69, 9.17) is 14.2 Å². The van der Waals surface area contributed by atoms with Crippen LogP contribution in [0.25, 0.3) is 22.2 Å². The first-order valence-corrected chi connectivity index (χ1v) is 23.6. The van der Waals surface area contributed by atoms with Crippen molar-refractivity contribution in [2.45, 2.75) is 122 Å². The van der Waals surface area contributed by atoms with Crippen molar-refractivity contribution in [1.29, 1.82) is 0 Å². The standard InChI is InChI=1S/C55H62N4O10/c1-54(2,3)68-46(61)32-39(35-16-10-8-11-17-35)51(64)58-28-14-20-43(58)45(60)31-34-22-27-42-41(30-34)48(53(66)67-7)49(57-42)37-23-25-38(26-24-37)56-50(63)44-21-15-29-59(44)52(65)40(36-18-12-9-13-19-36)33-47(62)69-55(4,5)6/h8-13,16-19,22-27,30,39-40,43-44,57H,14-15,20-21,28-29,31-33H2,1-7H3,(H,56,63)/t39-,40-,43+,44+/m1/s1. The number of likely N-dealkylation sites (tertiary alicyclic amines) is 2. The van der Waals surface area contributed by atoms with Gasteiger partial charge >= 0.3 is 17.9 Å². The third kappa shape index (κ3) is 12.1. The molecule has 2 saturated heterocycles. The zero-order valence-corrected chi connectivity index (χ0v) is 40.5. The number of aromatic nitrogens is 1. The highest BCUT2D eigenvalue weighted by atomic mass is 16.6. The number of hydrogen-bond acceptors (Lipinski definition) is 10. The van der Waals surface area contributed by atoms with Gasteiger partial charge in [-0.1, -0.05) is 78.9 Å². The van der Waals surface area contributed by atoms with Gasteiger partial charge in [0.1, 0.15) is 17.2 Å². The van der Waals surface area contributed by atoms with Gasteiger partial charge in [0.2, 0.25) is 17.7 Å². The highest BCUT2D eigenvalue weighted by Crippen LogP contribution is 2.35. The quantitative estimate of drug-likeness (QED) is 0.0761. The number of H-pyrrole nitrogens is 1. The summed E-state index contributed by atoms with van der Waals surface area (Å²) in [7, 11) is 1.30. The average molecular weight is 939 g/mol. The smallest absolute Gasteiger partial charge is 0.340 e. The van der Waals surface area contributed by atoms with Gasteiger partial charge in [-0.3, -0.25) is 28.8 Å². The van der Waals surface area contributed by atoms with Crippen molar-refractivity contribution < 1.29 is 47.8 Å². The lowest BCUT2D eigenvalue weighted by molar-refractivity contribution is -0.158. The van der Waals surface area contributed by atoms with Gasteiger partial charge in [-0.15, -0.1) is 0 Å². The number of benzene rings is 4. The Bertz CT molecular complexity index is 2700. The molecule has 69 heavy (non-hydrogen) atoms. The van der Waals surface area contributed by atoms with Crippen LogP contribution < -0.4 is 5.32 Å². The molecule has 0 aliphatic carbocycles. The molecule has 14 nitrogen and oxygen atoms in total. The molecule has 2 N–H and O–H groups in total. The molecule has 3 amide bonds. The van der Waals surface area contributed by atoms with Crippen molar-refractivity contribution in [2.75, 3.05) is 25.5 Å². The van der Waals surface area contributed by atoms with Crippen LogP contribution in [-0.2, 0) is 49.4 Å². The van der Waals surface area contributed by atoms with Gasteiger partial charge < -0.3 is 34.3 Å². The van der Waals surface area contributed by atoms with Gasteiger partial charge in [0.15, 0.2) is 5.78 Å². The zero-order chi connectivity index (χ0) is 49.6. The first-order chi connectivity index (χ1) is 32.8. The fourth-order valence-electron chi connectivity index (χ4n) is 9.38. The van der Waals surface area contributed by atoms with E-state index in [-0.39, 0.29) is 48.3 Å². The van der Waals surface area contributed by atoms with Crippen molar-refractivity contribution in [3.8, 4) is 11.3 Å². The lowest BCUT2D eigenvalue weighted by atomic mass is 9.93. The number of aromatic amines is 1. The third-order valence-corrected chi connectivity index (χ3v) is 12.4. The molecule has 0 bridgehead atoms. The normalized spacial score (nSPS) is 17.0. The fraction of sp³-hybridized carbons (Fsp3) is 0.400. The first kappa shape index (κ1) is 49.8. The molecule has 0 saturated carbocycles. The zero-order valence-electron chi connectivity index (χ0n) is 40.5. The summed E-state index contributed by atoms with van der Waals surface area (Å²) in [6.07, 6.45) is 1.88. The number of carbonyl (C=O) groups excluding carboxylic acids is 7. The molecular weight excluding hydrogens is 877 g/mol. The Kier molecular flexibility index (Phi) is 15.2. The van der Waals surface area contributed by atoms with Crippen molar-refractivity contribution in [2.24, 2.45) is 0 Å². The van der Waals surface area contributed by atoms with Crippen LogP contribution in [0, 0.1) is 0 Å². The second kappa shape index (κ2) is 21.1. The number of nitrogens with zero attached hydrogens (tertiary/aromatic N) is 2. The fourth-order valence-corrected chi connectivity index (χ4v) is 9.38. The predicted molar refractivity (Wildman–Crippen MR) is 261 cm³/mol. The third-order valence-electron chi connectivity index (χ3n) is 12.4. The van der Waals surface area contributed by atoms with Crippen LogP contribution in [0.1, 0.15) is 119 Å². The van der Waals surface area contributed by atoms with E-state index in [9.17, 15) is 33.6 Å². The minimum Gasteiger partial charge on any atom is -0.465 e. The van der Waals surface area contributed by atoms with Crippen molar-refractivity contribution in [3.05, 3.63) is 125 Å². The molecule has 2 aliphatic rings. The lowest BCUT2D eigenvalue weighted by Gasteiger charge is -2.29. The van der Waals surface area contributed by atoms with Crippen LogP contribution in [0.3, 0.4) is 0 Å². The van der Waals surface area contributed by atoms with Crippen LogP contribution in [0.2, 0.25) is 0 Å². The van der Waals surface area contributed by atoms with Crippen LogP contribution in [0.15, 0.2) is 103 Å². The first-order valence-electron chi connectivity index (χ1n) is 23.6. The number of fused-ring (bicyclic) bond motifs is 1. The number of hydrogen-bond donors (Lipinski definition) is 2. The SMILES string of the molecule is COC(=O)c1c(-c2ccc(NC(=O)[C@@H]3CCCN3C(=O)[C@H](CC(=O)OC(C)(C)C)c3ccccc3)cc2)[nH]c2ccc(CC(=O)[C@@H]3CCCN3C(=O)[C@H](CC(=O)OC(C)(C)C)c3ccccc3)cc12. The molecule has 4 atom stereocenters. The number of anilines is 1. The second-order valence-corrected chi connectivity index (χ2v) is 19.8.